The lowest BCUT2D eigenvalue weighted by Gasteiger charge is -2.05. The molecule has 0 aromatic carbocycles. The van der Waals surface area contributed by atoms with Crippen LogP contribution in [0.15, 0.2) is 0 Å². The lowest BCUT2D eigenvalue weighted by Crippen LogP contribution is -2.31. The van der Waals surface area contributed by atoms with Crippen LogP contribution in [0.5, 0.6) is 0 Å². The third-order valence-electron chi connectivity index (χ3n) is 1.93. The van der Waals surface area contributed by atoms with Gasteiger partial charge in [0.25, 0.3) is 0 Å². The SMILES string of the molecule is C#CCNC(=O)C1COC(C)C1. The van der Waals surface area contributed by atoms with Crippen LogP contribution in [0.2, 0.25) is 0 Å². The minimum absolute atomic E-state index is 0.00616. The Morgan fingerprint density at radius 2 is 2.58 bits per heavy atom. The molecule has 2 unspecified atom stereocenters. The number of carbonyl (C=O) groups excluding carboxylic acids is 1. The molecule has 0 aliphatic carbocycles. The molecule has 1 aliphatic rings. The quantitative estimate of drug-likeness (QED) is 0.595. The van der Waals surface area contributed by atoms with Crippen molar-refractivity contribution >= 4 is 5.91 Å². The van der Waals surface area contributed by atoms with Crippen molar-refractivity contribution in [3.8, 4) is 12.3 Å². The van der Waals surface area contributed by atoms with Gasteiger partial charge in [0.15, 0.2) is 0 Å². The Labute approximate surface area is 72.5 Å². The molecule has 0 saturated carbocycles. The van der Waals surface area contributed by atoms with E-state index < -0.39 is 0 Å². The average molecular weight is 167 g/mol. The maximum atomic E-state index is 11.3. The largest absolute Gasteiger partial charge is 0.378 e. The fourth-order valence-electron chi connectivity index (χ4n) is 1.28. The summed E-state index contributed by atoms with van der Waals surface area (Å²) in [6.07, 6.45) is 6.01. The van der Waals surface area contributed by atoms with E-state index in [0.29, 0.717) is 13.2 Å². The smallest absolute Gasteiger partial charge is 0.226 e. The first-order valence-corrected chi connectivity index (χ1v) is 4.07. The summed E-state index contributed by atoms with van der Waals surface area (Å²) < 4.78 is 5.25. The molecule has 0 spiro atoms. The van der Waals surface area contributed by atoms with Crippen LogP contribution in [0.3, 0.4) is 0 Å². The van der Waals surface area contributed by atoms with Crippen molar-refractivity contribution in [2.75, 3.05) is 13.2 Å². The molecule has 0 aromatic rings. The second kappa shape index (κ2) is 4.13. The second-order valence-corrected chi connectivity index (χ2v) is 3.00. The third kappa shape index (κ3) is 2.24. The van der Waals surface area contributed by atoms with Crippen LogP contribution in [-0.4, -0.2) is 25.2 Å². The van der Waals surface area contributed by atoms with Crippen molar-refractivity contribution in [1.29, 1.82) is 0 Å². The summed E-state index contributed by atoms with van der Waals surface area (Å²) in [5.74, 6) is 2.37. The van der Waals surface area contributed by atoms with Crippen molar-refractivity contribution in [2.24, 2.45) is 5.92 Å². The first-order chi connectivity index (χ1) is 5.74. The van der Waals surface area contributed by atoms with Crippen LogP contribution < -0.4 is 5.32 Å². The van der Waals surface area contributed by atoms with Gasteiger partial charge in [0, 0.05) is 0 Å². The van der Waals surface area contributed by atoms with E-state index in [1.807, 2.05) is 6.92 Å². The Hall–Kier alpha value is -1.01. The molecule has 1 saturated heterocycles. The number of terminal acetylenes is 1. The Kier molecular flexibility index (Phi) is 3.12. The monoisotopic (exact) mass is 167 g/mol. The highest BCUT2D eigenvalue weighted by molar-refractivity contribution is 5.79. The van der Waals surface area contributed by atoms with Gasteiger partial charge in [-0.05, 0) is 13.3 Å². The summed E-state index contributed by atoms with van der Waals surface area (Å²) in [7, 11) is 0. The van der Waals surface area contributed by atoms with Gasteiger partial charge in [0.05, 0.1) is 25.2 Å². The first-order valence-electron chi connectivity index (χ1n) is 4.07. The van der Waals surface area contributed by atoms with Crippen LogP contribution in [0.4, 0.5) is 0 Å². The van der Waals surface area contributed by atoms with Gasteiger partial charge in [-0.25, -0.2) is 0 Å². The van der Waals surface area contributed by atoms with Crippen molar-refractivity contribution < 1.29 is 9.53 Å². The van der Waals surface area contributed by atoms with Crippen molar-refractivity contribution in [3.63, 3.8) is 0 Å². The maximum Gasteiger partial charge on any atom is 0.226 e. The average Bonchev–Trinajstić information content (AvgIpc) is 2.47. The van der Waals surface area contributed by atoms with Crippen LogP contribution in [-0.2, 0) is 9.53 Å². The maximum absolute atomic E-state index is 11.3. The normalized spacial score (nSPS) is 28.0. The summed E-state index contributed by atoms with van der Waals surface area (Å²) in [6.45, 7) is 2.80. The number of rotatable bonds is 2. The van der Waals surface area contributed by atoms with Gasteiger partial charge in [-0.15, -0.1) is 6.42 Å². The van der Waals surface area contributed by atoms with E-state index in [2.05, 4.69) is 11.2 Å². The summed E-state index contributed by atoms with van der Waals surface area (Å²) >= 11 is 0. The molecule has 66 valence electrons. The minimum atomic E-state index is -0.00616. The molecule has 3 heteroatoms. The van der Waals surface area contributed by atoms with Gasteiger partial charge in [0.1, 0.15) is 0 Å². The van der Waals surface area contributed by atoms with Gasteiger partial charge in [-0.3, -0.25) is 4.79 Å². The molecule has 1 rings (SSSR count). The van der Waals surface area contributed by atoms with E-state index in [0.717, 1.165) is 6.42 Å². The molecule has 0 radical (unpaired) electrons. The molecular weight excluding hydrogens is 154 g/mol. The summed E-state index contributed by atoms with van der Waals surface area (Å²) in [5.41, 5.74) is 0. The van der Waals surface area contributed by atoms with Gasteiger partial charge < -0.3 is 10.1 Å². The molecule has 1 N–H and O–H groups in total. The predicted octanol–water partition coefficient (Wildman–Crippen LogP) is 0.161. The lowest BCUT2D eigenvalue weighted by molar-refractivity contribution is -0.124. The van der Waals surface area contributed by atoms with Gasteiger partial charge in [-0.2, -0.15) is 0 Å². The van der Waals surface area contributed by atoms with E-state index in [1.54, 1.807) is 0 Å². The van der Waals surface area contributed by atoms with Crippen LogP contribution in [0.1, 0.15) is 13.3 Å². The molecule has 12 heavy (non-hydrogen) atoms. The van der Waals surface area contributed by atoms with Crippen LogP contribution in [0.25, 0.3) is 0 Å². The summed E-state index contributed by atoms with van der Waals surface area (Å²) in [4.78, 5) is 11.3. The summed E-state index contributed by atoms with van der Waals surface area (Å²) in [6, 6.07) is 0. The second-order valence-electron chi connectivity index (χ2n) is 3.00. The molecule has 1 fully saturated rings. The minimum Gasteiger partial charge on any atom is -0.378 e. The lowest BCUT2D eigenvalue weighted by atomic mass is 10.1. The molecule has 1 heterocycles. The molecule has 0 bridgehead atoms. The van der Waals surface area contributed by atoms with Crippen LogP contribution >= 0.6 is 0 Å². The predicted molar refractivity (Wildman–Crippen MR) is 45.4 cm³/mol. The molecule has 2 atom stereocenters. The van der Waals surface area contributed by atoms with E-state index in [1.165, 1.54) is 0 Å². The molecule has 0 aromatic heterocycles. The highest BCUT2D eigenvalue weighted by Crippen LogP contribution is 2.18. The van der Waals surface area contributed by atoms with Gasteiger partial charge in [0.2, 0.25) is 5.91 Å². The standard InChI is InChI=1S/C9H13NO2/c1-3-4-10-9(11)8-5-7(2)12-6-8/h1,7-8H,4-6H2,2H3,(H,10,11). The zero-order valence-corrected chi connectivity index (χ0v) is 7.17. The topological polar surface area (TPSA) is 38.3 Å². The number of carbonyl (C=O) groups is 1. The van der Waals surface area contributed by atoms with Gasteiger partial charge in [-0.1, -0.05) is 5.92 Å². The number of amides is 1. The zero-order valence-electron chi connectivity index (χ0n) is 7.17. The Morgan fingerprint density at radius 1 is 1.83 bits per heavy atom. The van der Waals surface area contributed by atoms with E-state index in [4.69, 9.17) is 11.2 Å². The number of hydrogen-bond donors (Lipinski definition) is 1. The van der Waals surface area contributed by atoms with E-state index >= 15 is 0 Å². The highest BCUT2D eigenvalue weighted by Gasteiger charge is 2.27. The number of ether oxygens (including phenoxy) is 1. The molecule has 1 aliphatic heterocycles. The Balaban J connectivity index is 2.29. The Bertz CT molecular complexity index is 207. The van der Waals surface area contributed by atoms with E-state index in [-0.39, 0.29) is 17.9 Å². The molecule has 3 nitrogen and oxygen atoms in total. The zero-order chi connectivity index (χ0) is 8.97. The van der Waals surface area contributed by atoms with Crippen molar-refractivity contribution in [2.45, 2.75) is 19.4 Å². The molecular formula is C9H13NO2. The van der Waals surface area contributed by atoms with Crippen molar-refractivity contribution in [3.05, 3.63) is 0 Å². The number of hydrogen-bond acceptors (Lipinski definition) is 2. The first kappa shape index (κ1) is 9.08. The van der Waals surface area contributed by atoms with E-state index in [9.17, 15) is 4.79 Å². The van der Waals surface area contributed by atoms with Crippen molar-refractivity contribution in [1.82, 2.24) is 5.32 Å². The fourth-order valence-corrected chi connectivity index (χ4v) is 1.28. The van der Waals surface area contributed by atoms with Crippen LogP contribution in [0, 0.1) is 18.3 Å². The summed E-state index contributed by atoms with van der Waals surface area (Å²) in [5, 5.41) is 2.64. The molecule has 1 amide bonds. The van der Waals surface area contributed by atoms with Gasteiger partial charge >= 0.3 is 0 Å². The Morgan fingerprint density at radius 3 is 3.08 bits per heavy atom. The fraction of sp³-hybridized carbons (Fsp3) is 0.667. The number of nitrogens with one attached hydrogen (secondary N) is 1. The highest BCUT2D eigenvalue weighted by atomic mass is 16.5. The third-order valence-corrected chi connectivity index (χ3v) is 1.93.